The van der Waals surface area contributed by atoms with E-state index in [-0.39, 0.29) is 51.0 Å². The number of hydrogen-bond donors (Lipinski definition) is 1. The third-order valence-corrected chi connectivity index (χ3v) is 11.6. The van der Waals surface area contributed by atoms with Gasteiger partial charge in [-0.25, -0.2) is 0 Å². The second kappa shape index (κ2) is 9.43. The van der Waals surface area contributed by atoms with Crippen LogP contribution in [0.1, 0.15) is 37.7 Å². The van der Waals surface area contributed by atoms with Gasteiger partial charge < -0.3 is 5.32 Å². The predicted molar refractivity (Wildman–Crippen MR) is 132 cm³/mol. The number of alkyl halides is 2. The van der Waals surface area contributed by atoms with Crippen LogP contribution in [-0.4, -0.2) is 38.8 Å². The first-order chi connectivity index (χ1) is 14.7. The van der Waals surface area contributed by atoms with E-state index < -0.39 is 0 Å². The first kappa shape index (κ1) is 23.7. The minimum Gasteiger partial charge on any atom is -0.326 e. The van der Waals surface area contributed by atoms with Crippen LogP contribution in [0.3, 0.4) is 0 Å². The number of hydrogen-bond acceptors (Lipinski definition) is 3. The van der Waals surface area contributed by atoms with E-state index in [0.29, 0.717) is 30.1 Å². The van der Waals surface area contributed by atoms with Gasteiger partial charge in [0.2, 0.25) is 17.7 Å². The predicted octanol–water partition coefficient (Wildman–Crippen LogP) is 5.69. The Morgan fingerprint density at radius 3 is 2.32 bits per heavy atom. The fourth-order valence-corrected chi connectivity index (χ4v) is 7.83. The number of nitrogens with zero attached hydrogens (tertiary/aromatic N) is 1. The molecule has 0 unspecified atom stereocenters. The number of carbonyl (C=O) groups excluding carboxylic acids is 3. The largest absolute Gasteiger partial charge is 0.326 e. The molecule has 2 bridgehead atoms. The number of nitrogens with one attached hydrogen (secondary N) is 1. The van der Waals surface area contributed by atoms with Crippen LogP contribution in [0.25, 0.3) is 0 Å². The van der Waals surface area contributed by atoms with E-state index in [1.54, 1.807) is 0 Å². The fraction of sp³-hybridized carbons (Fsp3) is 0.591. The highest BCUT2D eigenvalue weighted by molar-refractivity contribution is 9.12. The molecule has 0 spiro atoms. The van der Waals surface area contributed by atoms with Gasteiger partial charge in [0.15, 0.2) is 0 Å². The first-order valence-corrected chi connectivity index (χ1v) is 13.6. The lowest BCUT2D eigenvalue weighted by Gasteiger charge is -2.28. The maximum atomic E-state index is 12.9. The van der Waals surface area contributed by atoms with Gasteiger partial charge in [-0.1, -0.05) is 49.9 Å². The summed E-state index contributed by atoms with van der Waals surface area (Å²) >= 11 is 17.0. The molecule has 2 saturated carbocycles. The van der Waals surface area contributed by atoms with Crippen LogP contribution in [0.2, 0.25) is 5.02 Å². The minimum atomic E-state index is -0.151. The molecule has 1 aromatic rings. The minimum absolute atomic E-state index is 0.00619. The zero-order chi connectivity index (χ0) is 22.4. The third-order valence-electron chi connectivity index (χ3n) is 6.98. The van der Waals surface area contributed by atoms with E-state index in [9.17, 15) is 14.4 Å². The van der Waals surface area contributed by atoms with Gasteiger partial charge in [0.05, 0.1) is 16.9 Å². The van der Waals surface area contributed by atoms with Gasteiger partial charge in [-0.15, -0.1) is 0 Å². The smallest absolute Gasteiger partial charge is 0.233 e. The molecule has 31 heavy (non-hydrogen) atoms. The normalized spacial score (nSPS) is 31.5. The molecule has 1 aliphatic heterocycles. The van der Waals surface area contributed by atoms with Crippen LogP contribution in [0.4, 0.5) is 5.69 Å². The van der Waals surface area contributed by atoms with Gasteiger partial charge in [0.25, 0.3) is 0 Å². The molecule has 1 aromatic carbocycles. The fourth-order valence-electron chi connectivity index (χ4n) is 5.36. The SMILES string of the molecule is Cc1c(NC(=O)CCCCCN2C(=O)[C@@H]3[C@H]4C[C@@H]([C@H](Br)[C@H]4Br)[C@@H]3C2=O)ccc(Br)c1Cl. The van der Waals surface area contributed by atoms with Gasteiger partial charge in [0, 0.05) is 32.8 Å². The van der Waals surface area contributed by atoms with Crippen LogP contribution in [-0.2, 0) is 14.4 Å². The summed E-state index contributed by atoms with van der Waals surface area (Å²) in [7, 11) is 0. The summed E-state index contributed by atoms with van der Waals surface area (Å²) in [5.41, 5.74) is 1.54. The number of imide groups is 1. The summed E-state index contributed by atoms with van der Waals surface area (Å²) < 4.78 is 0.797. The van der Waals surface area contributed by atoms with Crippen LogP contribution in [0.5, 0.6) is 0 Å². The van der Waals surface area contributed by atoms with Crippen LogP contribution >= 0.6 is 59.4 Å². The Labute approximate surface area is 212 Å². The Hall–Kier alpha value is -0.440. The van der Waals surface area contributed by atoms with Crippen molar-refractivity contribution in [3.05, 3.63) is 27.2 Å². The van der Waals surface area contributed by atoms with Crippen molar-refractivity contribution in [3.63, 3.8) is 0 Å². The van der Waals surface area contributed by atoms with Gasteiger partial charge in [0.1, 0.15) is 0 Å². The van der Waals surface area contributed by atoms with Crippen molar-refractivity contribution in [1.82, 2.24) is 4.90 Å². The summed E-state index contributed by atoms with van der Waals surface area (Å²) in [6.45, 7) is 2.32. The van der Waals surface area contributed by atoms with Crippen molar-refractivity contribution in [2.75, 3.05) is 11.9 Å². The quantitative estimate of drug-likeness (QED) is 0.237. The zero-order valence-electron chi connectivity index (χ0n) is 17.0. The lowest BCUT2D eigenvalue weighted by atomic mass is 9.81. The molecule has 4 rings (SSSR count). The number of halogens is 4. The molecule has 0 radical (unpaired) electrons. The molecule has 0 aromatic heterocycles. The number of rotatable bonds is 7. The number of benzene rings is 1. The molecule has 3 amide bonds. The Morgan fingerprint density at radius 2 is 1.71 bits per heavy atom. The van der Waals surface area contributed by atoms with E-state index in [1.165, 1.54) is 4.90 Å². The standard InChI is InChI=1S/C22H24Br3ClN2O3/c1-10-14(7-6-13(23)20(10)26)27-15(29)5-3-2-4-8-28-21(30)16-11-9-12(17(16)22(28)31)19(25)18(11)24/h6-7,11-12,16-19H,2-5,8-9H2,1H3,(H,27,29)/t11-,12-,16-,17+,18+,19+/m1/s1. The molecule has 168 valence electrons. The average Bonchev–Trinajstić information content (AvgIpc) is 3.34. The zero-order valence-corrected chi connectivity index (χ0v) is 22.6. The van der Waals surface area contributed by atoms with Crippen molar-refractivity contribution in [2.24, 2.45) is 23.7 Å². The lowest BCUT2D eigenvalue weighted by Crippen LogP contribution is -2.37. The molecule has 6 atom stereocenters. The molecule has 1 N–H and O–H groups in total. The summed E-state index contributed by atoms with van der Waals surface area (Å²) in [4.78, 5) is 40.0. The second-order valence-corrected chi connectivity index (χ2v) is 12.1. The van der Waals surface area contributed by atoms with Crippen LogP contribution < -0.4 is 5.32 Å². The van der Waals surface area contributed by atoms with Gasteiger partial charge >= 0.3 is 0 Å². The topological polar surface area (TPSA) is 66.5 Å². The molecular weight excluding hydrogens is 615 g/mol. The molecule has 3 fully saturated rings. The highest BCUT2D eigenvalue weighted by Crippen LogP contribution is 2.60. The van der Waals surface area contributed by atoms with Crippen molar-refractivity contribution < 1.29 is 14.4 Å². The van der Waals surface area contributed by atoms with Gasteiger partial charge in [-0.2, -0.15) is 0 Å². The van der Waals surface area contributed by atoms with Crippen LogP contribution in [0, 0.1) is 30.6 Å². The summed E-state index contributed by atoms with van der Waals surface area (Å²) in [5, 5.41) is 3.50. The maximum Gasteiger partial charge on any atom is 0.233 e. The van der Waals surface area contributed by atoms with Crippen molar-refractivity contribution >= 4 is 82.8 Å². The molecule has 1 saturated heterocycles. The number of unbranched alkanes of at least 4 members (excludes halogenated alkanes) is 2. The molecule has 5 nitrogen and oxygen atoms in total. The van der Waals surface area contributed by atoms with Crippen molar-refractivity contribution in [2.45, 2.75) is 48.7 Å². The van der Waals surface area contributed by atoms with Gasteiger partial charge in [-0.05, 0) is 71.6 Å². The lowest BCUT2D eigenvalue weighted by molar-refractivity contribution is -0.140. The molecule has 1 heterocycles. The van der Waals surface area contributed by atoms with E-state index in [1.807, 2.05) is 19.1 Å². The third kappa shape index (κ3) is 4.26. The van der Waals surface area contributed by atoms with E-state index in [2.05, 4.69) is 53.1 Å². The Balaban J connectivity index is 1.22. The molecule has 3 aliphatic rings. The summed E-state index contributed by atoms with van der Waals surface area (Å²) in [6, 6.07) is 3.64. The Kier molecular flexibility index (Phi) is 7.21. The van der Waals surface area contributed by atoms with Crippen molar-refractivity contribution in [1.29, 1.82) is 0 Å². The number of likely N-dealkylation sites (tertiary alicyclic amines) is 1. The number of carbonyl (C=O) groups is 3. The highest BCUT2D eigenvalue weighted by Gasteiger charge is 2.66. The Morgan fingerprint density at radius 1 is 1.10 bits per heavy atom. The highest BCUT2D eigenvalue weighted by atomic mass is 79.9. The first-order valence-electron chi connectivity index (χ1n) is 10.6. The van der Waals surface area contributed by atoms with Crippen molar-refractivity contribution in [3.8, 4) is 0 Å². The molecular formula is C22H24Br3ClN2O3. The molecule has 2 aliphatic carbocycles. The van der Waals surface area contributed by atoms with E-state index in [4.69, 9.17) is 11.6 Å². The molecule has 9 heteroatoms. The van der Waals surface area contributed by atoms with Gasteiger partial charge in [-0.3, -0.25) is 19.3 Å². The summed E-state index contributed by atoms with van der Waals surface area (Å²) in [6.07, 6.45) is 3.55. The average molecular weight is 640 g/mol. The van der Waals surface area contributed by atoms with E-state index >= 15 is 0 Å². The number of anilines is 1. The van der Waals surface area contributed by atoms with E-state index in [0.717, 1.165) is 29.3 Å². The summed E-state index contributed by atoms with van der Waals surface area (Å²) in [5.74, 6) is 0.149. The maximum absolute atomic E-state index is 12.9. The number of amides is 3. The number of fused-ring (bicyclic) bond motifs is 5. The Bertz CT molecular complexity index is 896. The monoisotopic (exact) mass is 636 g/mol. The van der Waals surface area contributed by atoms with Crippen LogP contribution in [0.15, 0.2) is 16.6 Å². The second-order valence-electron chi connectivity index (χ2n) is 8.72.